The van der Waals surface area contributed by atoms with E-state index < -0.39 is 5.60 Å². The molecule has 4 aliphatic heterocycles. The molecule has 0 aromatic rings. The summed E-state index contributed by atoms with van der Waals surface area (Å²) in [5, 5.41) is 0. The Morgan fingerprint density at radius 2 is 1.83 bits per heavy atom. The molecule has 0 N–H and O–H groups in total. The van der Waals surface area contributed by atoms with E-state index in [0.29, 0.717) is 38.9 Å². The molecule has 4 saturated heterocycles. The highest BCUT2D eigenvalue weighted by Gasteiger charge is 2.47. The molecular formula is C21H36N4O4. The number of ether oxygens (including phenoxy) is 2. The van der Waals surface area contributed by atoms with Gasteiger partial charge >= 0.3 is 6.09 Å². The topological polar surface area (TPSA) is 65.6 Å². The van der Waals surface area contributed by atoms with Crippen LogP contribution >= 0.6 is 0 Å². The van der Waals surface area contributed by atoms with Crippen LogP contribution < -0.4 is 0 Å². The lowest BCUT2D eigenvalue weighted by Gasteiger charge is -2.38. The number of piperazine rings is 1. The Labute approximate surface area is 174 Å². The molecule has 4 heterocycles. The second-order valence-corrected chi connectivity index (χ2v) is 9.33. The van der Waals surface area contributed by atoms with Crippen molar-refractivity contribution in [2.75, 3.05) is 72.1 Å². The summed E-state index contributed by atoms with van der Waals surface area (Å²) in [6, 6.07) is 0.601. The lowest BCUT2D eigenvalue weighted by atomic mass is 9.90. The van der Waals surface area contributed by atoms with Crippen LogP contribution in [0.2, 0.25) is 0 Å². The van der Waals surface area contributed by atoms with Gasteiger partial charge in [0.25, 0.3) is 0 Å². The first-order valence-corrected chi connectivity index (χ1v) is 11.3. The zero-order valence-corrected chi connectivity index (χ0v) is 18.0. The molecule has 29 heavy (non-hydrogen) atoms. The predicted molar refractivity (Wildman–Crippen MR) is 109 cm³/mol. The number of amides is 2. The fraction of sp³-hybridized carbons (Fsp3) is 0.905. The Hall–Kier alpha value is -1.38. The summed E-state index contributed by atoms with van der Waals surface area (Å²) in [6.07, 6.45) is 2.12. The van der Waals surface area contributed by atoms with Crippen LogP contribution in [0.5, 0.6) is 0 Å². The number of carbonyl (C=O) groups excluding carboxylic acids is 2. The fourth-order valence-electron chi connectivity index (χ4n) is 5.01. The molecule has 0 saturated carbocycles. The Morgan fingerprint density at radius 3 is 2.45 bits per heavy atom. The largest absolute Gasteiger partial charge is 0.441 e. The molecule has 164 valence electrons. The molecule has 0 unspecified atom stereocenters. The first-order valence-electron chi connectivity index (χ1n) is 11.3. The van der Waals surface area contributed by atoms with Crippen LogP contribution in [0.25, 0.3) is 0 Å². The predicted octanol–water partition coefficient (Wildman–Crippen LogP) is 0.862. The van der Waals surface area contributed by atoms with E-state index in [9.17, 15) is 9.59 Å². The van der Waals surface area contributed by atoms with Gasteiger partial charge in [0.2, 0.25) is 5.91 Å². The summed E-state index contributed by atoms with van der Waals surface area (Å²) in [7, 11) is 0. The van der Waals surface area contributed by atoms with Gasteiger partial charge < -0.3 is 19.3 Å². The van der Waals surface area contributed by atoms with Crippen molar-refractivity contribution >= 4 is 12.0 Å². The zero-order chi connectivity index (χ0) is 20.4. The molecular weight excluding hydrogens is 372 g/mol. The van der Waals surface area contributed by atoms with E-state index >= 15 is 0 Å². The smallest absolute Gasteiger partial charge is 0.410 e. The summed E-state index contributed by atoms with van der Waals surface area (Å²) >= 11 is 0. The van der Waals surface area contributed by atoms with Gasteiger partial charge in [0.1, 0.15) is 5.60 Å². The maximum Gasteiger partial charge on any atom is 0.410 e. The van der Waals surface area contributed by atoms with E-state index in [1.807, 2.05) is 9.80 Å². The molecule has 4 fully saturated rings. The number of likely N-dealkylation sites (tertiary alicyclic amines) is 1. The van der Waals surface area contributed by atoms with E-state index in [1.165, 1.54) is 0 Å². The van der Waals surface area contributed by atoms with Crippen molar-refractivity contribution in [2.24, 2.45) is 5.92 Å². The Kier molecular flexibility index (Phi) is 6.32. The molecule has 0 aliphatic carbocycles. The maximum atomic E-state index is 12.6. The molecule has 1 spiro atoms. The molecule has 0 aromatic carbocycles. The summed E-state index contributed by atoms with van der Waals surface area (Å²) in [5.41, 5.74) is -0.406. The third kappa shape index (κ3) is 4.70. The molecule has 1 atom stereocenters. The van der Waals surface area contributed by atoms with E-state index in [2.05, 4.69) is 23.6 Å². The van der Waals surface area contributed by atoms with E-state index in [0.717, 1.165) is 58.5 Å². The zero-order valence-electron chi connectivity index (χ0n) is 18.0. The van der Waals surface area contributed by atoms with Gasteiger partial charge in [0.15, 0.2) is 0 Å². The standard InChI is InChI=1S/C21H36N4O4/c1-17(2)23-11-8-22(9-12-23)10-13-25-16-21(29-20(25)27)4-6-24(7-5-21)19(26)18-3-14-28-15-18/h17-18H,3-16H2,1-2H3/t18-/m0/s1. The Bertz CT molecular complexity index is 591. The van der Waals surface area contributed by atoms with Crippen LogP contribution in [-0.4, -0.2) is 115 Å². The van der Waals surface area contributed by atoms with Crippen LogP contribution in [0, 0.1) is 5.92 Å². The Morgan fingerprint density at radius 1 is 1.10 bits per heavy atom. The summed E-state index contributed by atoms with van der Waals surface area (Å²) in [5.74, 6) is 0.224. The normalized spacial score (nSPS) is 28.5. The molecule has 0 radical (unpaired) electrons. The summed E-state index contributed by atoms with van der Waals surface area (Å²) in [6.45, 7) is 13.7. The van der Waals surface area contributed by atoms with Crippen LogP contribution in [0.3, 0.4) is 0 Å². The van der Waals surface area contributed by atoms with E-state index in [-0.39, 0.29) is 17.9 Å². The highest BCUT2D eigenvalue weighted by atomic mass is 16.6. The SMILES string of the molecule is CC(C)N1CCN(CCN2CC3(CCN(C(=O)[C@H]4CCOC4)CC3)OC2=O)CC1. The van der Waals surface area contributed by atoms with Crippen molar-refractivity contribution in [1.29, 1.82) is 0 Å². The number of nitrogens with zero attached hydrogens (tertiary/aromatic N) is 4. The van der Waals surface area contributed by atoms with Gasteiger partial charge in [-0.2, -0.15) is 0 Å². The van der Waals surface area contributed by atoms with Crippen molar-refractivity contribution in [3.63, 3.8) is 0 Å². The minimum absolute atomic E-state index is 0.0165. The molecule has 4 aliphatic rings. The molecule has 2 amide bonds. The maximum absolute atomic E-state index is 12.6. The van der Waals surface area contributed by atoms with Gasteiger partial charge in [0, 0.05) is 77.8 Å². The first-order chi connectivity index (χ1) is 14.0. The van der Waals surface area contributed by atoms with Gasteiger partial charge in [-0.1, -0.05) is 0 Å². The quantitative estimate of drug-likeness (QED) is 0.672. The second-order valence-electron chi connectivity index (χ2n) is 9.33. The molecule has 4 rings (SSSR count). The number of piperidine rings is 1. The second kappa shape index (κ2) is 8.78. The molecule has 0 aromatic heterocycles. The third-order valence-electron chi connectivity index (χ3n) is 7.13. The molecule has 0 bridgehead atoms. The van der Waals surface area contributed by atoms with E-state index in [1.54, 1.807) is 0 Å². The molecule has 8 heteroatoms. The first kappa shape index (κ1) is 20.9. The highest BCUT2D eigenvalue weighted by molar-refractivity contribution is 5.79. The number of carbonyl (C=O) groups is 2. The number of rotatable bonds is 5. The van der Waals surface area contributed by atoms with Crippen LogP contribution in [-0.2, 0) is 14.3 Å². The van der Waals surface area contributed by atoms with Gasteiger partial charge in [-0.15, -0.1) is 0 Å². The van der Waals surface area contributed by atoms with Crippen molar-refractivity contribution in [3.05, 3.63) is 0 Å². The Balaban J connectivity index is 1.22. The monoisotopic (exact) mass is 408 g/mol. The highest BCUT2D eigenvalue weighted by Crippen LogP contribution is 2.34. The van der Waals surface area contributed by atoms with Crippen LogP contribution in [0.4, 0.5) is 4.79 Å². The van der Waals surface area contributed by atoms with Crippen molar-refractivity contribution < 1.29 is 19.1 Å². The minimum atomic E-state index is -0.406. The van der Waals surface area contributed by atoms with Crippen LogP contribution in [0.15, 0.2) is 0 Å². The number of hydrogen-bond acceptors (Lipinski definition) is 6. The third-order valence-corrected chi connectivity index (χ3v) is 7.13. The number of hydrogen-bond donors (Lipinski definition) is 0. The molecule has 8 nitrogen and oxygen atoms in total. The van der Waals surface area contributed by atoms with E-state index in [4.69, 9.17) is 9.47 Å². The van der Waals surface area contributed by atoms with Gasteiger partial charge in [-0.25, -0.2) is 4.79 Å². The fourth-order valence-corrected chi connectivity index (χ4v) is 5.01. The minimum Gasteiger partial charge on any atom is -0.441 e. The van der Waals surface area contributed by atoms with Gasteiger partial charge in [0.05, 0.1) is 19.1 Å². The van der Waals surface area contributed by atoms with Gasteiger partial charge in [-0.05, 0) is 20.3 Å². The van der Waals surface area contributed by atoms with Crippen molar-refractivity contribution in [3.8, 4) is 0 Å². The van der Waals surface area contributed by atoms with Crippen molar-refractivity contribution in [2.45, 2.75) is 44.8 Å². The lowest BCUT2D eigenvalue weighted by molar-refractivity contribution is -0.138. The van der Waals surface area contributed by atoms with Crippen LogP contribution in [0.1, 0.15) is 33.1 Å². The van der Waals surface area contributed by atoms with Gasteiger partial charge in [-0.3, -0.25) is 14.6 Å². The summed E-state index contributed by atoms with van der Waals surface area (Å²) < 4.78 is 11.2. The lowest BCUT2D eigenvalue weighted by Crippen LogP contribution is -2.51. The summed E-state index contributed by atoms with van der Waals surface area (Å²) in [4.78, 5) is 33.8. The average molecular weight is 409 g/mol. The van der Waals surface area contributed by atoms with Crippen molar-refractivity contribution in [1.82, 2.24) is 19.6 Å². The average Bonchev–Trinajstić information content (AvgIpc) is 3.35.